The second kappa shape index (κ2) is 7.42. The van der Waals surface area contributed by atoms with Crippen LogP contribution < -0.4 is 5.32 Å². The van der Waals surface area contributed by atoms with Gasteiger partial charge < -0.3 is 15.0 Å². The van der Waals surface area contributed by atoms with Crippen molar-refractivity contribution in [3.8, 4) is 0 Å². The Labute approximate surface area is 137 Å². The van der Waals surface area contributed by atoms with Gasteiger partial charge >= 0.3 is 6.09 Å². The standard InChI is InChI=1S/C16H27N3O2S/c1-12-14(22-11-18-12)10-17-13-6-5-8-19(9-7-13)15(20)21-16(2,3)4/h11,13,17H,5-10H2,1-4H3/t13-/m1/s1. The zero-order valence-corrected chi connectivity index (χ0v) is 14.8. The Hall–Kier alpha value is -1.14. The molecule has 1 atom stereocenters. The molecular formula is C16H27N3O2S. The number of carbonyl (C=O) groups excluding carboxylic acids is 1. The van der Waals surface area contributed by atoms with Crippen LogP contribution in [-0.2, 0) is 11.3 Å². The first-order valence-corrected chi connectivity index (χ1v) is 8.83. The predicted molar refractivity (Wildman–Crippen MR) is 89.1 cm³/mol. The molecule has 0 aliphatic carbocycles. The van der Waals surface area contributed by atoms with E-state index in [4.69, 9.17) is 4.74 Å². The molecule has 2 heterocycles. The topological polar surface area (TPSA) is 54.5 Å². The molecule has 0 aromatic carbocycles. The number of amides is 1. The summed E-state index contributed by atoms with van der Waals surface area (Å²) < 4.78 is 5.46. The fourth-order valence-electron chi connectivity index (χ4n) is 2.54. The highest BCUT2D eigenvalue weighted by molar-refractivity contribution is 7.09. The third-order valence-electron chi connectivity index (χ3n) is 3.78. The van der Waals surface area contributed by atoms with Crippen LogP contribution in [0.1, 0.15) is 50.6 Å². The van der Waals surface area contributed by atoms with Crippen LogP contribution in [0.25, 0.3) is 0 Å². The number of thiazole rings is 1. The number of nitrogens with zero attached hydrogens (tertiary/aromatic N) is 2. The van der Waals surface area contributed by atoms with Crippen molar-refractivity contribution in [1.29, 1.82) is 0 Å². The van der Waals surface area contributed by atoms with E-state index in [1.165, 1.54) is 4.88 Å². The molecule has 1 amide bonds. The van der Waals surface area contributed by atoms with Crippen molar-refractivity contribution in [3.05, 3.63) is 16.1 Å². The van der Waals surface area contributed by atoms with Gasteiger partial charge in [0.15, 0.2) is 0 Å². The lowest BCUT2D eigenvalue weighted by atomic mass is 10.1. The summed E-state index contributed by atoms with van der Waals surface area (Å²) >= 11 is 1.70. The molecular weight excluding hydrogens is 298 g/mol. The lowest BCUT2D eigenvalue weighted by Crippen LogP contribution is -2.38. The summed E-state index contributed by atoms with van der Waals surface area (Å²) in [6.07, 6.45) is 2.89. The first-order chi connectivity index (χ1) is 10.3. The minimum Gasteiger partial charge on any atom is -0.444 e. The third kappa shape index (κ3) is 5.25. The normalized spacial score (nSPS) is 19.8. The number of likely N-dealkylation sites (tertiary alicyclic amines) is 1. The molecule has 0 bridgehead atoms. The van der Waals surface area contributed by atoms with E-state index in [0.717, 1.165) is 44.6 Å². The van der Waals surface area contributed by atoms with Gasteiger partial charge in [-0.1, -0.05) is 0 Å². The fourth-order valence-corrected chi connectivity index (χ4v) is 3.27. The Morgan fingerprint density at radius 3 is 2.86 bits per heavy atom. The van der Waals surface area contributed by atoms with E-state index in [1.54, 1.807) is 11.3 Å². The number of rotatable bonds is 3. The van der Waals surface area contributed by atoms with Gasteiger partial charge in [0.1, 0.15) is 5.60 Å². The van der Waals surface area contributed by atoms with Crippen LogP contribution >= 0.6 is 11.3 Å². The first kappa shape index (κ1) is 17.2. The van der Waals surface area contributed by atoms with Crippen LogP contribution in [0.15, 0.2) is 5.51 Å². The van der Waals surface area contributed by atoms with Gasteiger partial charge in [0.25, 0.3) is 0 Å². The molecule has 6 heteroatoms. The summed E-state index contributed by atoms with van der Waals surface area (Å²) in [5.74, 6) is 0. The quantitative estimate of drug-likeness (QED) is 0.926. The van der Waals surface area contributed by atoms with Crippen molar-refractivity contribution in [1.82, 2.24) is 15.2 Å². The molecule has 1 aliphatic heterocycles. The van der Waals surface area contributed by atoms with E-state index in [0.29, 0.717) is 6.04 Å². The third-order valence-corrected chi connectivity index (χ3v) is 4.71. The van der Waals surface area contributed by atoms with Crippen LogP contribution in [0.5, 0.6) is 0 Å². The lowest BCUT2D eigenvalue weighted by molar-refractivity contribution is 0.0256. The van der Waals surface area contributed by atoms with Crippen LogP contribution in [0.4, 0.5) is 4.79 Å². The molecule has 22 heavy (non-hydrogen) atoms. The molecule has 0 unspecified atom stereocenters. The van der Waals surface area contributed by atoms with Crippen LogP contribution in [0.2, 0.25) is 0 Å². The molecule has 1 aromatic rings. The molecule has 1 N–H and O–H groups in total. The van der Waals surface area contributed by atoms with E-state index in [2.05, 4.69) is 10.3 Å². The molecule has 0 saturated carbocycles. The molecule has 1 aliphatic rings. The van der Waals surface area contributed by atoms with E-state index in [-0.39, 0.29) is 6.09 Å². The van der Waals surface area contributed by atoms with Gasteiger partial charge in [-0.2, -0.15) is 0 Å². The van der Waals surface area contributed by atoms with Gasteiger partial charge in [-0.25, -0.2) is 9.78 Å². The Morgan fingerprint density at radius 2 is 2.23 bits per heavy atom. The smallest absolute Gasteiger partial charge is 0.410 e. The molecule has 1 fully saturated rings. The maximum Gasteiger partial charge on any atom is 0.410 e. The number of hydrogen-bond acceptors (Lipinski definition) is 5. The second-order valence-corrected chi connectivity index (χ2v) is 7.78. The largest absolute Gasteiger partial charge is 0.444 e. The fraction of sp³-hybridized carbons (Fsp3) is 0.750. The van der Waals surface area contributed by atoms with Gasteiger partial charge in [-0.3, -0.25) is 0 Å². The highest BCUT2D eigenvalue weighted by Crippen LogP contribution is 2.17. The van der Waals surface area contributed by atoms with Gasteiger partial charge in [-0.15, -0.1) is 11.3 Å². The minimum atomic E-state index is -0.426. The maximum absolute atomic E-state index is 12.1. The number of carbonyl (C=O) groups is 1. The molecule has 2 rings (SSSR count). The molecule has 0 radical (unpaired) electrons. The maximum atomic E-state index is 12.1. The molecule has 124 valence electrons. The van der Waals surface area contributed by atoms with Crippen LogP contribution in [0, 0.1) is 6.92 Å². The second-order valence-electron chi connectivity index (χ2n) is 6.84. The van der Waals surface area contributed by atoms with Crippen molar-refractivity contribution < 1.29 is 9.53 Å². The Morgan fingerprint density at radius 1 is 1.45 bits per heavy atom. The highest BCUT2D eigenvalue weighted by atomic mass is 32.1. The SMILES string of the molecule is Cc1ncsc1CN[C@@H]1CCCN(C(=O)OC(C)(C)C)CC1. The van der Waals surface area contributed by atoms with Crippen LogP contribution in [-0.4, -0.2) is 40.7 Å². The average molecular weight is 325 g/mol. The number of hydrogen-bond donors (Lipinski definition) is 1. The van der Waals surface area contributed by atoms with Gasteiger partial charge in [0.2, 0.25) is 0 Å². The molecule has 5 nitrogen and oxygen atoms in total. The first-order valence-electron chi connectivity index (χ1n) is 7.95. The Kier molecular flexibility index (Phi) is 5.81. The van der Waals surface area contributed by atoms with E-state index >= 15 is 0 Å². The summed E-state index contributed by atoms with van der Waals surface area (Å²) in [7, 11) is 0. The Balaban J connectivity index is 1.80. The van der Waals surface area contributed by atoms with E-state index < -0.39 is 5.60 Å². The summed E-state index contributed by atoms with van der Waals surface area (Å²) in [5.41, 5.74) is 2.58. The van der Waals surface area contributed by atoms with Crippen molar-refractivity contribution in [2.24, 2.45) is 0 Å². The van der Waals surface area contributed by atoms with Crippen molar-refractivity contribution in [2.75, 3.05) is 13.1 Å². The van der Waals surface area contributed by atoms with Crippen molar-refractivity contribution >= 4 is 17.4 Å². The number of aryl methyl sites for hydroxylation is 1. The monoisotopic (exact) mass is 325 g/mol. The zero-order chi connectivity index (χ0) is 16.2. The number of ether oxygens (including phenoxy) is 1. The van der Waals surface area contributed by atoms with E-state index in [1.807, 2.05) is 38.1 Å². The van der Waals surface area contributed by atoms with Crippen molar-refractivity contribution in [2.45, 2.75) is 65.1 Å². The summed E-state index contributed by atoms with van der Waals surface area (Å²) in [5, 5.41) is 3.60. The summed E-state index contributed by atoms with van der Waals surface area (Å²) in [4.78, 5) is 19.6. The number of aromatic nitrogens is 1. The zero-order valence-electron chi connectivity index (χ0n) is 14.0. The molecule has 0 spiro atoms. The van der Waals surface area contributed by atoms with E-state index in [9.17, 15) is 4.79 Å². The van der Waals surface area contributed by atoms with Gasteiger partial charge in [-0.05, 0) is 47.0 Å². The highest BCUT2D eigenvalue weighted by Gasteiger charge is 2.25. The summed E-state index contributed by atoms with van der Waals surface area (Å²) in [6.45, 7) is 10.2. The molecule has 1 saturated heterocycles. The minimum absolute atomic E-state index is 0.188. The van der Waals surface area contributed by atoms with Crippen LogP contribution in [0.3, 0.4) is 0 Å². The predicted octanol–water partition coefficient (Wildman–Crippen LogP) is 3.33. The lowest BCUT2D eigenvalue weighted by Gasteiger charge is -2.26. The van der Waals surface area contributed by atoms with Gasteiger partial charge in [0.05, 0.1) is 11.2 Å². The summed E-state index contributed by atoms with van der Waals surface area (Å²) in [6, 6.07) is 0.453. The van der Waals surface area contributed by atoms with Crippen molar-refractivity contribution in [3.63, 3.8) is 0 Å². The number of nitrogens with one attached hydrogen (secondary N) is 1. The Bertz CT molecular complexity index is 496. The van der Waals surface area contributed by atoms with Gasteiger partial charge in [0, 0.05) is 30.6 Å². The molecule has 1 aromatic heterocycles. The average Bonchev–Trinajstić information content (AvgIpc) is 2.69.